The molecule has 0 fully saturated rings. The van der Waals surface area contributed by atoms with Crippen molar-refractivity contribution in [2.45, 2.75) is 24.5 Å². The molecular formula is C16H20N2O3S. The number of rotatable bonds is 7. The summed E-state index contributed by atoms with van der Waals surface area (Å²) in [6.45, 7) is 2.09. The minimum absolute atomic E-state index is 0.274. The van der Waals surface area contributed by atoms with E-state index >= 15 is 0 Å². The molecular weight excluding hydrogens is 300 g/mol. The minimum atomic E-state index is -3.45. The van der Waals surface area contributed by atoms with E-state index in [1.165, 1.54) is 0 Å². The molecule has 1 unspecified atom stereocenters. The molecule has 0 aliphatic rings. The molecule has 0 amide bonds. The van der Waals surface area contributed by atoms with Gasteiger partial charge in [0.05, 0.1) is 4.90 Å². The smallest absolute Gasteiger partial charge is 0.240 e. The summed E-state index contributed by atoms with van der Waals surface area (Å²) in [5.74, 6) is 0.698. The van der Waals surface area contributed by atoms with Gasteiger partial charge in [-0.25, -0.2) is 13.1 Å². The molecule has 1 atom stereocenters. The van der Waals surface area contributed by atoms with E-state index < -0.39 is 10.0 Å². The van der Waals surface area contributed by atoms with Crippen LogP contribution in [0, 0.1) is 0 Å². The van der Waals surface area contributed by atoms with Gasteiger partial charge < -0.3 is 4.74 Å². The van der Waals surface area contributed by atoms with E-state index in [9.17, 15) is 8.42 Å². The van der Waals surface area contributed by atoms with E-state index in [1.54, 1.807) is 37.3 Å². The van der Waals surface area contributed by atoms with E-state index in [0.29, 0.717) is 18.7 Å². The first-order valence-electron chi connectivity index (χ1n) is 7.03. The van der Waals surface area contributed by atoms with Crippen molar-refractivity contribution < 1.29 is 13.2 Å². The fraction of sp³-hybridized carbons (Fsp3) is 0.250. The van der Waals surface area contributed by atoms with Crippen molar-refractivity contribution in [3.8, 4) is 5.75 Å². The molecule has 2 aromatic rings. The van der Waals surface area contributed by atoms with Gasteiger partial charge in [0, 0.05) is 6.54 Å². The normalized spacial score (nSPS) is 12.8. The molecule has 0 heterocycles. The fourth-order valence-corrected chi connectivity index (χ4v) is 3.01. The Morgan fingerprint density at radius 3 is 2.32 bits per heavy atom. The van der Waals surface area contributed by atoms with Crippen molar-refractivity contribution in [3.05, 3.63) is 60.2 Å². The molecule has 0 saturated carbocycles. The second-order valence-electron chi connectivity index (χ2n) is 4.93. The van der Waals surface area contributed by atoms with Gasteiger partial charge in [0.2, 0.25) is 10.0 Å². The lowest BCUT2D eigenvalue weighted by molar-refractivity contribution is 0.230. The number of ether oxygens (including phenoxy) is 1. The first-order chi connectivity index (χ1) is 10.5. The van der Waals surface area contributed by atoms with Crippen molar-refractivity contribution >= 4 is 10.0 Å². The maximum atomic E-state index is 12.1. The number of sulfonamides is 1. The SMILES string of the molecule is CC(N)Oc1ccc(CCNS(=O)(=O)c2ccccc2)cc1. The van der Waals surface area contributed by atoms with E-state index in [-0.39, 0.29) is 11.1 Å². The second kappa shape index (κ2) is 7.40. The highest BCUT2D eigenvalue weighted by atomic mass is 32.2. The van der Waals surface area contributed by atoms with Gasteiger partial charge in [-0.2, -0.15) is 0 Å². The zero-order chi connectivity index (χ0) is 16.0. The molecule has 2 rings (SSSR count). The molecule has 0 aromatic heterocycles. The van der Waals surface area contributed by atoms with Crippen LogP contribution < -0.4 is 15.2 Å². The molecule has 0 bridgehead atoms. The lowest BCUT2D eigenvalue weighted by Crippen LogP contribution is -2.26. The molecule has 2 aromatic carbocycles. The van der Waals surface area contributed by atoms with Crippen LogP contribution in [0.2, 0.25) is 0 Å². The monoisotopic (exact) mass is 320 g/mol. The van der Waals surface area contributed by atoms with E-state index in [4.69, 9.17) is 10.5 Å². The summed E-state index contributed by atoms with van der Waals surface area (Å²) in [5.41, 5.74) is 6.57. The van der Waals surface area contributed by atoms with E-state index in [1.807, 2.05) is 24.3 Å². The van der Waals surface area contributed by atoms with Crippen molar-refractivity contribution in [1.82, 2.24) is 4.72 Å². The predicted molar refractivity (Wildman–Crippen MR) is 86.1 cm³/mol. The number of nitrogens with two attached hydrogens (primary N) is 1. The van der Waals surface area contributed by atoms with Crippen LogP contribution in [-0.4, -0.2) is 21.2 Å². The Kier molecular flexibility index (Phi) is 5.54. The van der Waals surface area contributed by atoms with Crippen LogP contribution in [0.3, 0.4) is 0 Å². The lowest BCUT2D eigenvalue weighted by Gasteiger charge is -2.10. The molecule has 5 nitrogen and oxygen atoms in total. The highest BCUT2D eigenvalue weighted by molar-refractivity contribution is 7.89. The van der Waals surface area contributed by atoms with Crippen molar-refractivity contribution in [2.75, 3.05) is 6.54 Å². The van der Waals surface area contributed by atoms with Crippen LogP contribution in [0.15, 0.2) is 59.5 Å². The largest absolute Gasteiger partial charge is 0.476 e. The Labute approximate surface area is 131 Å². The molecule has 0 saturated heterocycles. The summed E-state index contributed by atoms with van der Waals surface area (Å²) in [7, 11) is -3.45. The number of hydrogen-bond acceptors (Lipinski definition) is 4. The lowest BCUT2D eigenvalue weighted by atomic mass is 10.1. The van der Waals surface area contributed by atoms with Gasteiger partial charge in [-0.05, 0) is 43.2 Å². The van der Waals surface area contributed by atoms with E-state index in [2.05, 4.69) is 4.72 Å². The van der Waals surface area contributed by atoms with Crippen LogP contribution in [0.25, 0.3) is 0 Å². The number of benzene rings is 2. The highest BCUT2D eigenvalue weighted by Crippen LogP contribution is 2.13. The van der Waals surface area contributed by atoms with Gasteiger partial charge in [0.1, 0.15) is 12.0 Å². The van der Waals surface area contributed by atoms with Crippen LogP contribution in [0.5, 0.6) is 5.75 Å². The topological polar surface area (TPSA) is 81.4 Å². The third-order valence-electron chi connectivity index (χ3n) is 3.00. The molecule has 22 heavy (non-hydrogen) atoms. The Morgan fingerprint density at radius 1 is 1.09 bits per heavy atom. The Hall–Kier alpha value is -1.89. The zero-order valence-electron chi connectivity index (χ0n) is 12.4. The third kappa shape index (κ3) is 4.84. The fourth-order valence-electron chi connectivity index (χ4n) is 1.96. The van der Waals surface area contributed by atoms with Gasteiger partial charge in [-0.15, -0.1) is 0 Å². The van der Waals surface area contributed by atoms with Crippen molar-refractivity contribution in [3.63, 3.8) is 0 Å². The maximum Gasteiger partial charge on any atom is 0.240 e. The average molecular weight is 320 g/mol. The quantitative estimate of drug-likeness (QED) is 0.763. The second-order valence-corrected chi connectivity index (χ2v) is 6.69. The minimum Gasteiger partial charge on any atom is -0.476 e. The molecule has 0 aliphatic carbocycles. The predicted octanol–water partition coefficient (Wildman–Crippen LogP) is 1.89. The first-order valence-corrected chi connectivity index (χ1v) is 8.51. The van der Waals surface area contributed by atoms with Gasteiger partial charge in [-0.1, -0.05) is 30.3 Å². The Balaban J connectivity index is 1.88. The van der Waals surface area contributed by atoms with Crippen LogP contribution >= 0.6 is 0 Å². The van der Waals surface area contributed by atoms with Gasteiger partial charge in [0.15, 0.2) is 0 Å². The molecule has 0 radical (unpaired) electrons. The summed E-state index contributed by atoms with van der Waals surface area (Å²) < 4.78 is 32.0. The number of hydrogen-bond donors (Lipinski definition) is 2. The van der Waals surface area contributed by atoms with Gasteiger partial charge in [0.25, 0.3) is 0 Å². The molecule has 0 aliphatic heterocycles. The third-order valence-corrected chi connectivity index (χ3v) is 4.48. The van der Waals surface area contributed by atoms with Crippen molar-refractivity contribution in [2.24, 2.45) is 5.73 Å². The number of nitrogens with one attached hydrogen (secondary N) is 1. The first kappa shape index (κ1) is 16.5. The highest BCUT2D eigenvalue weighted by Gasteiger charge is 2.12. The Morgan fingerprint density at radius 2 is 1.73 bits per heavy atom. The summed E-state index contributed by atoms with van der Waals surface area (Å²) >= 11 is 0. The van der Waals surface area contributed by atoms with Gasteiger partial charge >= 0.3 is 0 Å². The standard InChI is InChI=1S/C16H20N2O3S/c1-13(17)21-15-9-7-14(8-10-15)11-12-18-22(19,20)16-5-3-2-4-6-16/h2-10,13,18H,11-12,17H2,1H3. The Bertz CT molecular complexity index is 683. The van der Waals surface area contributed by atoms with Crippen molar-refractivity contribution in [1.29, 1.82) is 0 Å². The van der Waals surface area contributed by atoms with Crippen LogP contribution in [0.4, 0.5) is 0 Å². The molecule has 118 valence electrons. The average Bonchev–Trinajstić information content (AvgIpc) is 2.49. The van der Waals surface area contributed by atoms with Gasteiger partial charge in [-0.3, -0.25) is 5.73 Å². The zero-order valence-corrected chi connectivity index (χ0v) is 13.2. The summed E-state index contributed by atoms with van der Waals surface area (Å²) in [6, 6.07) is 15.8. The van der Waals surface area contributed by atoms with Crippen LogP contribution in [-0.2, 0) is 16.4 Å². The molecule has 3 N–H and O–H groups in total. The maximum absolute atomic E-state index is 12.1. The molecule has 0 spiro atoms. The summed E-state index contributed by atoms with van der Waals surface area (Å²) in [5, 5.41) is 0. The van der Waals surface area contributed by atoms with E-state index in [0.717, 1.165) is 5.56 Å². The summed E-state index contributed by atoms with van der Waals surface area (Å²) in [6.07, 6.45) is 0.244. The van der Waals surface area contributed by atoms with Crippen LogP contribution in [0.1, 0.15) is 12.5 Å². The summed E-state index contributed by atoms with van der Waals surface area (Å²) in [4.78, 5) is 0.274. The molecule has 6 heteroatoms.